The van der Waals surface area contributed by atoms with Gasteiger partial charge in [0.1, 0.15) is 5.66 Å². The molecule has 0 bridgehead atoms. The molecule has 3 fully saturated rings. The van der Waals surface area contributed by atoms with Crippen molar-refractivity contribution in [3.8, 4) is 0 Å². The van der Waals surface area contributed by atoms with Gasteiger partial charge in [0.25, 0.3) is 0 Å². The number of piperidine rings is 1. The summed E-state index contributed by atoms with van der Waals surface area (Å²) in [6.07, 6.45) is 12.9. The highest BCUT2D eigenvalue weighted by atomic mass is 28.4. The van der Waals surface area contributed by atoms with Gasteiger partial charge in [-0.25, -0.2) is 0 Å². The lowest BCUT2D eigenvalue weighted by Crippen LogP contribution is -2.64. The maximum Gasteiger partial charge on any atom is 0.241 e. The predicted octanol–water partition coefficient (Wildman–Crippen LogP) is 6.80. The summed E-state index contributed by atoms with van der Waals surface area (Å²) in [5.74, 6) is 1.39. The molecule has 5 nitrogen and oxygen atoms in total. The molecule has 4 rings (SSSR count). The van der Waals surface area contributed by atoms with E-state index in [-0.39, 0.29) is 16.6 Å². The maximum absolute atomic E-state index is 12.9. The van der Waals surface area contributed by atoms with E-state index in [2.05, 4.69) is 79.3 Å². The summed E-state index contributed by atoms with van der Waals surface area (Å²) < 4.78 is 6.57. The van der Waals surface area contributed by atoms with Crippen molar-refractivity contribution in [3.63, 3.8) is 0 Å². The van der Waals surface area contributed by atoms with Crippen LogP contribution in [-0.4, -0.2) is 57.6 Å². The van der Waals surface area contributed by atoms with Crippen molar-refractivity contribution in [2.75, 3.05) is 37.7 Å². The minimum atomic E-state index is -1.75. The monoisotopic (exact) mass is 527 g/mol. The molecule has 0 aromatic heterocycles. The molecular formula is C31H53N3O2Si. The Kier molecular flexibility index (Phi) is 9.45. The van der Waals surface area contributed by atoms with E-state index in [0.717, 1.165) is 50.6 Å². The quantitative estimate of drug-likeness (QED) is 0.298. The lowest BCUT2D eigenvalue weighted by molar-refractivity contribution is -0.119. The van der Waals surface area contributed by atoms with Gasteiger partial charge >= 0.3 is 0 Å². The molecule has 6 heteroatoms. The average Bonchev–Trinajstić information content (AvgIpc) is 3.16. The van der Waals surface area contributed by atoms with Gasteiger partial charge < -0.3 is 19.5 Å². The third-order valence-electron chi connectivity index (χ3n) is 9.88. The number of nitrogens with zero attached hydrogens (tertiary/aromatic N) is 2. The Labute approximate surface area is 227 Å². The van der Waals surface area contributed by atoms with Gasteiger partial charge in [-0.2, -0.15) is 0 Å². The number of hydrogen-bond donors (Lipinski definition) is 1. The highest BCUT2D eigenvalue weighted by Crippen LogP contribution is 2.41. The summed E-state index contributed by atoms with van der Waals surface area (Å²) in [5.41, 5.74) is 0.879. The normalized spacial score (nSPS) is 26.8. The van der Waals surface area contributed by atoms with Gasteiger partial charge in [-0.3, -0.25) is 4.79 Å². The van der Waals surface area contributed by atoms with E-state index >= 15 is 0 Å². The topological polar surface area (TPSA) is 44.8 Å². The molecule has 1 aromatic rings. The van der Waals surface area contributed by atoms with E-state index in [1.807, 2.05) is 0 Å². The number of carbonyl (C=O) groups is 1. The third-order valence-corrected chi connectivity index (χ3v) is 14.4. The molecule has 208 valence electrons. The van der Waals surface area contributed by atoms with Crippen LogP contribution in [0, 0.1) is 11.8 Å². The molecule has 1 N–H and O–H groups in total. The minimum absolute atomic E-state index is 0.167. The Bertz CT molecular complexity index is 863. The molecule has 1 aromatic carbocycles. The van der Waals surface area contributed by atoms with E-state index < -0.39 is 8.32 Å². The molecule has 2 atom stereocenters. The van der Waals surface area contributed by atoms with Gasteiger partial charge in [-0.1, -0.05) is 71.1 Å². The summed E-state index contributed by atoms with van der Waals surface area (Å²) >= 11 is 0. The van der Waals surface area contributed by atoms with Crippen LogP contribution < -0.4 is 10.2 Å². The first kappa shape index (κ1) is 28.6. The smallest absolute Gasteiger partial charge is 0.241 e. The highest BCUT2D eigenvalue weighted by Gasteiger charge is 2.52. The van der Waals surface area contributed by atoms with E-state index in [1.165, 1.54) is 51.5 Å². The van der Waals surface area contributed by atoms with Crippen molar-refractivity contribution in [2.45, 2.75) is 109 Å². The highest BCUT2D eigenvalue weighted by molar-refractivity contribution is 6.74. The van der Waals surface area contributed by atoms with Gasteiger partial charge in [-0.05, 0) is 61.9 Å². The Hall–Kier alpha value is -1.37. The van der Waals surface area contributed by atoms with Crippen LogP contribution in [0.2, 0.25) is 18.1 Å². The van der Waals surface area contributed by atoms with Crippen molar-refractivity contribution >= 4 is 19.9 Å². The molecule has 1 saturated carbocycles. The van der Waals surface area contributed by atoms with Crippen molar-refractivity contribution in [3.05, 3.63) is 30.3 Å². The van der Waals surface area contributed by atoms with Crippen LogP contribution in [0.3, 0.4) is 0 Å². The van der Waals surface area contributed by atoms with Crippen LogP contribution in [-0.2, 0) is 9.22 Å². The molecule has 37 heavy (non-hydrogen) atoms. The average molecular weight is 528 g/mol. The molecule has 0 radical (unpaired) electrons. The summed E-state index contributed by atoms with van der Waals surface area (Å²) in [6, 6.07) is 10.6. The van der Waals surface area contributed by atoms with Crippen LogP contribution >= 0.6 is 0 Å². The molecule has 1 amide bonds. The number of nitrogens with one attached hydrogen (secondary N) is 1. The molecule has 3 aliphatic rings. The van der Waals surface area contributed by atoms with E-state index in [9.17, 15) is 4.79 Å². The number of hydrogen-bond acceptors (Lipinski definition) is 4. The molecule has 2 saturated heterocycles. The fourth-order valence-corrected chi connectivity index (χ4v) is 7.71. The molecule has 2 aliphatic heterocycles. The lowest BCUT2D eigenvalue weighted by Gasteiger charge is -2.51. The fourth-order valence-electron chi connectivity index (χ4n) is 6.63. The van der Waals surface area contributed by atoms with Crippen LogP contribution in [0.25, 0.3) is 0 Å². The second-order valence-electron chi connectivity index (χ2n) is 13.6. The zero-order valence-corrected chi connectivity index (χ0v) is 25.4. The van der Waals surface area contributed by atoms with Crippen molar-refractivity contribution in [1.29, 1.82) is 0 Å². The largest absolute Gasteiger partial charge is 0.417 e. The van der Waals surface area contributed by atoms with Gasteiger partial charge in [0.05, 0.1) is 6.54 Å². The summed E-state index contributed by atoms with van der Waals surface area (Å²) in [6.45, 7) is 16.3. The lowest BCUT2D eigenvalue weighted by atomic mass is 9.80. The number of carbonyl (C=O) groups excluding carboxylic acids is 1. The predicted molar refractivity (Wildman–Crippen MR) is 157 cm³/mol. The number of anilines is 1. The number of para-hydroxylation sites is 1. The zero-order chi connectivity index (χ0) is 26.5. The minimum Gasteiger partial charge on any atom is -0.417 e. The van der Waals surface area contributed by atoms with Crippen LogP contribution in [0.1, 0.15) is 85.0 Å². The van der Waals surface area contributed by atoms with E-state index in [4.69, 9.17) is 4.43 Å². The third kappa shape index (κ3) is 6.99. The standard InChI is InChI=1S/C31H53N3O2Si/c1-30(2,3)37(4,5)36-22-14-17-27-24-33(23-26-15-10-7-6-8-11-16-26)21-20-31(27)32-29(35)25-34(31)28-18-12-9-13-19-28/h9,12-13,18-19,26-27H,6-8,10-11,14-17,20-25H2,1-5H3,(H,32,35). The Morgan fingerprint density at radius 2 is 1.73 bits per heavy atom. The van der Waals surface area contributed by atoms with Gasteiger partial charge in [-0.15, -0.1) is 0 Å². The van der Waals surface area contributed by atoms with E-state index in [0.29, 0.717) is 12.5 Å². The number of benzene rings is 1. The fraction of sp³-hybridized carbons (Fsp3) is 0.774. The van der Waals surface area contributed by atoms with E-state index in [1.54, 1.807) is 0 Å². The summed E-state index contributed by atoms with van der Waals surface area (Å²) in [7, 11) is -1.75. The first-order chi connectivity index (χ1) is 17.6. The van der Waals surface area contributed by atoms with Crippen LogP contribution in [0.4, 0.5) is 5.69 Å². The second-order valence-corrected chi connectivity index (χ2v) is 18.4. The van der Waals surface area contributed by atoms with Crippen LogP contribution in [0.5, 0.6) is 0 Å². The number of rotatable bonds is 8. The maximum atomic E-state index is 12.9. The first-order valence-electron chi connectivity index (χ1n) is 15.1. The van der Waals surface area contributed by atoms with Crippen molar-refractivity contribution < 1.29 is 9.22 Å². The second kappa shape index (κ2) is 12.2. The molecule has 1 aliphatic carbocycles. The van der Waals surface area contributed by atoms with Crippen molar-refractivity contribution in [2.24, 2.45) is 11.8 Å². The summed E-state index contributed by atoms with van der Waals surface area (Å²) in [5, 5.41) is 3.75. The first-order valence-corrected chi connectivity index (χ1v) is 18.0. The van der Waals surface area contributed by atoms with Crippen LogP contribution in [0.15, 0.2) is 30.3 Å². The molecule has 2 unspecified atom stereocenters. The number of amides is 1. The Balaban J connectivity index is 1.48. The Morgan fingerprint density at radius 1 is 1.05 bits per heavy atom. The Morgan fingerprint density at radius 3 is 2.41 bits per heavy atom. The molecular weight excluding hydrogens is 474 g/mol. The van der Waals surface area contributed by atoms with Crippen molar-refractivity contribution in [1.82, 2.24) is 10.2 Å². The molecule has 1 spiro atoms. The van der Waals surface area contributed by atoms with Gasteiger partial charge in [0.15, 0.2) is 8.32 Å². The number of likely N-dealkylation sites (tertiary alicyclic amines) is 1. The van der Waals surface area contributed by atoms with Gasteiger partial charge in [0.2, 0.25) is 5.91 Å². The van der Waals surface area contributed by atoms with Gasteiger partial charge in [0, 0.05) is 44.3 Å². The zero-order valence-electron chi connectivity index (χ0n) is 24.4. The SMILES string of the molecule is CC(C)(C)[Si](C)(C)OCCCC1CN(CC2CCCCCCC2)CCC12NC(=O)CN2c1ccccc1. The summed E-state index contributed by atoms with van der Waals surface area (Å²) in [4.78, 5) is 18.0. The molecule has 2 heterocycles.